The third-order valence-corrected chi connectivity index (χ3v) is 5.46. The first-order chi connectivity index (χ1) is 14.0. The number of hydrogen-bond donors (Lipinski definition) is 2. The molecule has 0 saturated carbocycles. The van der Waals surface area contributed by atoms with Crippen molar-refractivity contribution in [1.82, 2.24) is 9.80 Å². The lowest BCUT2D eigenvalue weighted by Gasteiger charge is -2.34. The zero-order valence-corrected chi connectivity index (χ0v) is 17.3. The van der Waals surface area contributed by atoms with Crippen molar-refractivity contribution in [2.75, 3.05) is 50.5 Å². The fourth-order valence-corrected chi connectivity index (χ4v) is 3.82. The minimum Gasteiger partial charge on any atom is -0.495 e. The van der Waals surface area contributed by atoms with Gasteiger partial charge in [0.15, 0.2) is 0 Å². The third kappa shape index (κ3) is 5.26. The van der Waals surface area contributed by atoms with Crippen molar-refractivity contribution in [1.29, 1.82) is 0 Å². The highest BCUT2D eigenvalue weighted by molar-refractivity contribution is 7.12. The Labute approximate surface area is 173 Å². The van der Waals surface area contributed by atoms with Gasteiger partial charge in [-0.1, -0.05) is 6.07 Å². The van der Waals surface area contributed by atoms with Gasteiger partial charge in [-0.05, 0) is 29.6 Å². The lowest BCUT2D eigenvalue weighted by atomic mass is 10.2. The molecule has 0 bridgehead atoms. The predicted octanol–water partition coefficient (Wildman–Crippen LogP) is 2.11. The predicted molar refractivity (Wildman–Crippen MR) is 113 cm³/mol. The van der Waals surface area contributed by atoms with Crippen molar-refractivity contribution in [3.05, 3.63) is 40.6 Å². The molecule has 9 heteroatoms. The zero-order chi connectivity index (χ0) is 20.8. The van der Waals surface area contributed by atoms with E-state index < -0.39 is 0 Å². The van der Waals surface area contributed by atoms with E-state index in [4.69, 9.17) is 4.74 Å². The van der Waals surface area contributed by atoms with E-state index in [1.807, 2.05) is 17.5 Å². The SMILES string of the molecule is COc1ccc(NC(C)=O)cc1NCC(=O)N1CCN(C(=O)c2cccs2)CC1. The summed E-state index contributed by atoms with van der Waals surface area (Å²) in [5.74, 6) is 0.371. The second-order valence-electron chi connectivity index (χ2n) is 6.60. The Balaban J connectivity index is 1.54. The molecule has 0 spiro atoms. The Bertz CT molecular complexity index is 877. The van der Waals surface area contributed by atoms with Crippen molar-refractivity contribution < 1.29 is 19.1 Å². The minimum absolute atomic E-state index is 0.0183. The number of rotatable bonds is 6. The summed E-state index contributed by atoms with van der Waals surface area (Å²) in [5, 5.41) is 7.68. The van der Waals surface area contributed by atoms with Crippen LogP contribution in [0.5, 0.6) is 5.75 Å². The van der Waals surface area contributed by atoms with Gasteiger partial charge < -0.3 is 25.2 Å². The monoisotopic (exact) mass is 416 g/mol. The van der Waals surface area contributed by atoms with Crippen LogP contribution in [0, 0.1) is 0 Å². The molecule has 2 heterocycles. The van der Waals surface area contributed by atoms with Crippen LogP contribution in [0.3, 0.4) is 0 Å². The molecule has 2 N–H and O–H groups in total. The van der Waals surface area contributed by atoms with Gasteiger partial charge in [0.1, 0.15) is 5.75 Å². The molecule has 0 atom stereocenters. The van der Waals surface area contributed by atoms with Crippen LogP contribution in [0.2, 0.25) is 0 Å². The van der Waals surface area contributed by atoms with Gasteiger partial charge in [-0.2, -0.15) is 0 Å². The van der Waals surface area contributed by atoms with Crippen molar-refractivity contribution in [2.45, 2.75) is 6.92 Å². The molecule has 1 aliphatic rings. The summed E-state index contributed by atoms with van der Waals surface area (Å²) >= 11 is 1.43. The Morgan fingerprint density at radius 3 is 2.45 bits per heavy atom. The lowest BCUT2D eigenvalue weighted by Crippen LogP contribution is -2.51. The molecule has 8 nitrogen and oxygen atoms in total. The summed E-state index contributed by atoms with van der Waals surface area (Å²) in [6, 6.07) is 8.87. The maximum atomic E-state index is 12.6. The Morgan fingerprint density at radius 2 is 1.83 bits per heavy atom. The number of anilines is 2. The summed E-state index contributed by atoms with van der Waals surface area (Å²) < 4.78 is 5.32. The first-order valence-corrected chi connectivity index (χ1v) is 10.2. The van der Waals surface area contributed by atoms with Crippen LogP contribution >= 0.6 is 11.3 Å². The number of methoxy groups -OCH3 is 1. The van der Waals surface area contributed by atoms with Crippen LogP contribution in [-0.4, -0.2) is 67.4 Å². The van der Waals surface area contributed by atoms with Crippen LogP contribution < -0.4 is 15.4 Å². The standard InChI is InChI=1S/C20H24N4O4S/c1-14(25)22-15-5-6-17(28-2)16(12-15)21-13-19(26)23-7-9-24(10-8-23)20(27)18-4-3-11-29-18/h3-6,11-12,21H,7-10,13H2,1-2H3,(H,22,25). The summed E-state index contributed by atoms with van der Waals surface area (Å²) in [5.41, 5.74) is 1.24. The quantitative estimate of drug-likeness (QED) is 0.753. The number of amides is 3. The molecule has 1 aliphatic heterocycles. The van der Waals surface area contributed by atoms with E-state index in [9.17, 15) is 14.4 Å². The molecule has 29 heavy (non-hydrogen) atoms. The van der Waals surface area contributed by atoms with Gasteiger partial charge in [0.2, 0.25) is 11.8 Å². The highest BCUT2D eigenvalue weighted by Crippen LogP contribution is 2.27. The highest BCUT2D eigenvalue weighted by atomic mass is 32.1. The molecule has 1 aromatic carbocycles. The summed E-state index contributed by atoms with van der Waals surface area (Å²) in [6.45, 7) is 3.57. The number of nitrogens with zero attached hydrogens (tertiary/aromatic N) is 2. The van der Waals surface area contributed by atoms with Gasteiger partial charge in [0, 0.05) is 38.8 Å². The molecule has 0 radical (unpaired) electrons. The summed E-state index contributed by atoms with van der Waals surface area (Å²) in [4.78, 5) is 40.5. The number of piperazine rings is 1. The van der Waals surface area contributed by atoms with E-state index in [-0.39, 0.29) is 24.3 Å². The smallest absolute Gasteiger partial charge is 0.264 e. The molecule has 2 aromatic rings. The second kappa shape index (κ2) is 9.42. The second-order valence-corrected chi connectivity index (χ2v) is 7.55. The Morgan fingerprint density at radius 1 is 1.10 bits per heavy atom. The average molecular weight is 417 g/mol. The highest BCUT2D eigenvalue weighted by Gasteiger charge is 2.25. The van der Waals surface area contributed by atoms with E-state index in [1.165, 1.54) is 18.3 Å². The number of carbonyl (C=O) groups excluding carboxylic acids is 3. The summed E-state index contributed by atoms with van der Waals surface area (Å²) in [6.07, 6.45) is 0. The van der Waals surface area contributed by atoms with E-state index in [0.717, 1.165) is 4.88 Å². The first kappa shape index (κ1) is 20.7. The molecule has 3 rings (SSSR count). The molecular weight excluding hydrogens is 392 g/mol. The molecule has 154 valence electrons. The maximum Gasteiger partial charge on any atom is 0.264 e. The number of ether oxygens (including phenoxy) is 1. The fraction of sp³-hybridized carbons (Fsp3) is 0.350. The normalized spacial score (nSPS) is 13.7. The van der Waals surface area contributed by atoms with Crippen molar-refractivity contribution in [3.8, 4) is 5.75 Å². The van der Waals surface area contributed by atoms with Crippen molar-refractivity contribution in [2.24, 2.45) is 0 Å². The maximum absolute atomic E-state index is 12.6. The number of thiophene rings is 1. The molecule has 3 amide bonds. The number of nitrogens with one attached hydrogen (secondary N) is 2. The third-order valence-electron chi connectivity index (χ3n) is 4.60. The van der Waals surface area contributed by atoms with Gasteiger partial charge in [-0.25, -0.2) is 0 Å². The molecule has 1 aromatic heterocycles. The van der Waals surface area contributed by atoms with Crippen LogP contribution in [0.25, 0.3) is 0 Å². The number of hydrogen-bond acceptors (Lipinski definition) is 6. The van der Waals surface area contributed by atoms with Gasteiger partial charge in [0.25, 0.3) is 5.91 Å². The topological polar surface area (TPSA) is 91.0 Å². The fourth-order valence-electron chi connectivity index (χ4n) is 3.12. The number of benzene rings is 1. The van der Waals surface area contributed by atoms with Crippen LogP contribution in [-0.2, 0) is 9.59 Å². The van der Waals surface area contributed by atoms with Crippen molar-refractivity contribution in [3.63, 3.8) is 0 Å². The molecule has 1 fully saturated rings. The van der Waals surface area contributed by atoms with Gasteiger partial charge in [-0.15, -0.1) is 11.3 Å². The Hall–Kier alpha value is -3.07. The largest absolute Gasteiger partial charge is 0.495 e. The molecule has 1 saturated heterocycles. The van der Waals surface area contributed by atoms with Crippen LogP contribution in [0.4, 0.5) is 11.4 Å². The van der Waals surface area contributed by atoms with E-state index in [0.29, 0.717) is 43.3 Å². The molecular formula is C20H24N4O4S. The minimum atomic E-state index is -0.174. The zero-order valence-electron chi connectivity index (χ0n) is 16.4. The average Bonchev–Trinajstić information content (AvgIpc) is 3.26. The first-order valence-electron chi connectivity index (χ1n) is 9.28. The van der Waals surface area contributed by atoms with Crippen molar-refractivity contribution >= 4 is 40.4 Å². The lowest BCUT2D eigenvalue weighted by molar-refractivity contribution is -0.130. The Kier molecular flexibility index (Phi) is 6.71. The van der Waals surface area contributed by atoms with E-state index in [1.54, 1.807) is 35.1 Å². The van der Waals surface area contributed by atoms with Crippen LogP contribution in [0.1, 0.15) is 16.6 Å². The van der Waals surface area contributed by atoms with Gasteiger partial charge in [-0.3, -0.25) is 14.4 Å². The molecule has 0 unspecified atom stereocenters. The van der Waals surface area contributed by atoms with Gasteiger partial charge in [0.05, 0.1) is 24.2 Å². The summed E-state index contributed by atoms with van der Waals surface area (Å²) in [7, 11) is 1.55. The van der Waals surface area contributed by atoms with Crippen LogP contribution in [0.15, 0.2) is 35.7 Å². The van der Waals surface area contributed by atoms with E-state index >= 15 is 0 Å². The number of carbonyl (C=O) groups is 3. The molecule has 0 aliphatic carbocycles. The van der Waals surface area contributed by atoms with E-state index in [2.05, 4.69) is 10.6 Å². The van der Waals surface area contributed by atoms with Gasteiger partial charge >= 0.3 is 0 Å².